The Labute approximate surface area is 129 Å². The van der Waals surface area contributed by atoms with Crippen LogP contribution in [-0.4, -0.2) is 16.1 Å². The fraction of sp³-hybridized carbons (Fsp3) is 0.286. The summed E-state index contributed by atoms with van der Waals surface area (Å²) in [5, 5.41) is 8.86. The summed E-state index contributed by atoms with van der Waals surface area (Å²) in [5.41, 5.74) is -3.25. The van der Waals surface area contributed by atoms with Crippen molar-refractivity contribution in [2.75, 3.05) is 0 Å². The molecule has 0 radical (unpaired) electrons. The summed E-state index contributed by atoms with van der Waals surface area (Å²) in [6, 6.07) is 4.38. The zero-order valence-corrected chi connectivity index (χ0v) is 12.4. The first-order valence-electron chi connectivity index (χ1n) is 6.13. The number of carbonyl (C=O) groups is 1. The number of carboxylic acid groups (broad SMARTS) is 1. The Morgan fingerprint density at radius 1 is 1.27 bits per heavy atom. The third-order valence-electron chi connectivity index (χ3n) is 3.19. The van der Waals surface area contributed by atoms with Crippen LogP contribution in [-0.2, 0) is 6.18 Å². The number of pyridine rings is 1. The van der Waals surface area contributed by atoms with E-state index in [0.717, 1.165) is 5.56 Å². The number of aromatic amines is 1. The molecule has 2 rings (SSSR count). The quantitative estimate of drug-likeness (QED) is 0.877. The van der Waals surface area contributed by atoms with Gasteiger partial charge in [0.05, 0.1) is 0 Å². The SMILES string of the molecule is CC(C)c1ccc2[nH]c(C(F)(F)F)c(C(=O)O)c(=O)c2c1.Cl. The Balaban J connectivity index is 0.00000242. The Morgan fingerprint density at radius 3 is 2.32 bits per heavy atom. The molecule has 0 unspecified atom stereocenters. The van der Waals surface area contributed by atoms with Crippen molar-refractivity contribution in [3.63, 3.8) is 0 Å². The standard InChI is InChI=1S/C14H12F3NO3.ClH/c1-6(2)7-3-4-9-8(5-7)11(19)10(13(20)21)12(18-9)14(15,16)17;/h3-6H,1-2H3,(H,18,19)(H,20,21);1H. The molecule has 22 heavy (non-hydrogen) atoms. The highest BCUT2D eigenvalue weighted by molar-refractivity contribution is 5.94. The number of fused-ring (bicyclic) bond motifs is 1. The number of alkyl halides is 3. The number of aromatic carboxylic acids is 1. The maximum atomic E-state index is 12.9. The van der Waals surface area contributed by atoms with Gasteiger partial charge in [0.25, 0.3) is 0 Å². The van der Waals surface area contributed by atoms with Gasteiger partial charge in [-0.05, 0) is 23.6 Å². The summed E-state index contributed by atoms with van der Waals surface area (Å²) in [7, 11) is 0. The molecular formula is C14H13ClF3NO3. The average molecular weight is 336 g/mol. The van der Waals surface area contributed by atoms with Crippen molar-refractivity contribution in [3.8, 4) is 0 Å². The van der Waals surface area contributed by atoms with Gasteiger partial charge in [0.1, 0.15) is 11.3 Å². The van der Waals surface area contributed by atoms with E-state index in [-0.39, 0.29) is 29.2 Å². The van der Waals surface area contributed by atoms with Gasteiger partial charge in [0.15, 0.2) is 0 Å². The second-order valence-electron chi connectivity index (χ2n) is 4.97. The predicted octanol–water partition coefficient (Wildman–Crippen LogP) is 3.79. The van der Waals surface area contributed by atoms with Crippen LogP contribution in [0.25, 0.3) is 10.9 Å². The Kier molecular flexibility index (Phi) is 4.92. The monoisotopic (exact) mass is 335 g/mol. The molecule has 1 heterocycles. The van der Waals surface area contributed by atoms with Gasteiger partial charge in [-0.3, -0.25) is 4.79 Å². The van der Waals surface area contributed by atoms with E-state index >= 15 is 0 Å². The molecule has 2 aromatic rings. The summed E-state index contributed by atoms with van der Waals surface area (Å²) in [6.45, 7) is 3.72. The number of H-pyrrole nitrogens is 1. The van der Waals surface area contributed by atoms with Crippen LogP contribution in [0, 0.1) is 0 Å². The van der Waals surface area contributed by atoms with Gasteiger partial charge in [0, 0.05) is 10.9 Å². The van der Waals surface area contributed by atoms with Gasteiger partial charge < -0.3 is 10.1 Å². The van der Waals surface area contributed by atoms with Crippen LogP contribution in [0.2, 0.25) is 0 Å². The first-order chi connectivity index (χ1) is 9.62. The molecule has 0 saturated heterocycles. The average Bonchev–Trinajstić information content (AvgIpc) is 2.36. The molecule has 0 saturated carbocycles. The van der Waals surface area contributed by atoms with Gasteiger partial charge in [-0.2, -0.15) is 13.2 Å². The number of benzene rings is 1. The number of rotatable bonds is 2. The lowest BCUT2D eigenvalue weighted by Crippen LogP contribution is -2.24. The van der Waals surface area contributed by atoms with E-state index in [1.807, 2.05) is 18.8 Å². The summed E-state index contributed by atoms with van der Waals surface area (Å²) < 4.78 is 38.7. The molecule has 1 aromatic heterocycles. The van der Waals surface area contributed by atoms with E-state index in [0.29, 0.717) is 0 Å². The van der Waals surface area contributed by atoms with Crippen molar-refractivity contribution in [2.45, 2.75) is 25.9 Å². The second-order valence-corrected chi connectivity index (χ2v) is 4.97. The highest BCUT2D eigenvalue weighted by Crippen LogP contribution is 2.31. The summed E-state index contributed by atoms with van der Waals surface area (Å²) in [5.74, 6) is -1.84. The second kappa shape index (κ2) is 6.00. The van der Waals surface area contributed by atoms with E-state index in [2.05, 4.69) is 0 Å². The van der Waals surface area contributed by atoms with Crippen molar-refractivity contribution < 1.29 is 23.1 Å². The maximum Gasteiger partial charge on any atom is 0.432 e. The molecule has 8 heteroatoms. The van der Waals surface area contributed by atoms with Crippen LogP contribution < -0.4 is 5.43 Å². The minimum atomic E-state index is -4.95. The van der Waals surface area contributed by atoms with Crippen LogP contribution in [0.1, 0.15) is 41.4 Å². The molecule has 0 aliphatic heterocycles. The van der Waals surface area contributed by atoms with Crippen molar-refractivity contribution in [1.29, 1.82) is 0 Å². The molecule has 1 aromatic carbocycles. The van der Waals surface area contributed by atoms with Crippen molar-refractivity contribution in [3.05, 3.63) is 45.2 Å². The normalized spacial score (nSPS) is 11.5. The number of halogens is 4. The Hall–Kier alpha value is -2.02. The van der Waals surface area contributed by atoms with Gasteiger partial charge in [-0.15, -0.1) is 12.4 Å². The number of nitrogens with one attached hydrogen (secondary N) is 1. The molecule has 0 spiro atoms. The molecule has 0 bridgehead atoms. The van der Waals surface area contributed by atoms with Crippen LogP contribution in [0.3, 0.4) is 0 Å². The molecular weight excluding hydrogens is 323 g/mol. The minimum Gasteiger partial charge on any atom is -0.477 e. The van der Waals surface area contributed by atoms with Crippen molar-refractivity contribution in [1.82, 2.24) is 4.98 Å². The number of hydrogen-bond donors (Lipinski definition) is 2. The number of aromatic nitrogens is 1. The Bertz CT molecular complexity index is 781. The molecule has 0 atom stereocenters. The van der Waals surface area contributed by atoms with Gasteiger partial charge in [-0.25, -0.2) is 4.79 Å². The predicted molar refractivity (Wildman–Crippen MR) is 77.9 cm³/mol. The van der Waals surface area contributed by atoms with Crippen LogP contribution in [0.4, 0.5) is 13.2 Å². The fourth-order valence-corrected chi connectivity index (χ4v) is 2.08. The smallest absolute Gasteiger partial charge is 0.432 e. The van der Waals surface area contributed by atoms with Gasteiger partial charge >= 0.3 is 12.1 Å². The lowest BCUT2D eigenvalue weighted by Gasteiger charge is -2.13. The third kappa shape index (κ3) is 3.09. The van der Waals surface area contributed by atoms with Crippen LogP contribution in [0.15, 0.2) is 23.0 Å². The zero-order chi connectivity index (χ0) is 15.9. The molecule has 4 nitrogen and oxygen atoms in total. The topological polar surface area (TPSA) is 70.2 Å². The van der Waals surface area contributed by atoms with Crippen LogP contribution in [0.5, 0.6) is 0 Å². The van der Waals surface area contributed by atoms with Gasteiger partial charge in [0.2, 0.25) is 5.43 Å². The largest absolute Gasteiger partial charge is 0.477 e. The molecule has 2 N–H and O–H groups in total. The third-order valence-corrected chi connectivity index (χ3v) is 3.19. The van der Waals surface area contributed by atoms with Gasteiger partial charge in [-0.1, -0.05) is 19.9 Å². The molecule has 0 fully saturated rings. The molecule has 0 aliphatic rings. The van der Waals surface area contributed by atoms with Crippen LogP contribution >= 0.6 is 12.4 Å². The molecule has 0 amide bonds. The molecule has 120 valence electrons. The van der Waals surface area contributed by atoms with E-state index in [1.165, 1.54) is 12.1 Å². The number of carboxylic acids is 1. The fourth-order valence-electron chi connectivity index (χ4n) is 2.08. The summed E-state index contributed by atoms with van der Waals surface area (Å²) in [4.78, 5) is 25.2. The number of hydrogen-bond acceptors (Lipinski definition) is 2. The van der Waals surface area contributed by atoms with E-state index in [4.69, 9.17) is 5.11 Å². The van der Waals surface area contributed by atoms with E-state index in [9.17, 15) is 22.8 Å². The Morgan fingerprint density at radius 2 is 1.86 bits per heavy atom. The minimum absolute atomic E-state index is 0. The molecule has 0 aliphatic carbocycles. The summed E-state index contributed by atoms with van der Waals surface area (Å²) in [6.07, 6.45) is -4.95. The maximum absolute atomic E-state index is 12.9. The highest BCUT2D eigenvalue weighted by Gasteiger charge is 2.38. The van der Waals surface area contributed by atoms with Crippen molar-refractivity contribution >= 4 is 29.3 Å². The summed E-state index contributed by atoms with van der Waals surface area (Å²) >= 11 is 0. The lowest BCUT2D eigenvalue weighted by molar-refractivity contribution is -0.141. The first kappa shape index (κ1) is 18.0. The lowest BCUT2D eigenvalue weighted by atomic mass is 9.99. The van der Waals surface area contributed by atoms with E-state index < -0.39 is 28.8 Å². The highest BCUT2D eigenvalue weighted by atomic mass is 35.5. The first-order valence-corrected chi connectivity index (χ1v) is 6.13. The zero-order valence-electron chi connectivity index (χ0n) is 11.6. The van der Waals surface area contributed by atoms with Crippen molar-refractivity contribution in [2.24, 2.45) is 0 Å². The van der Waals surface area contributed by atoms with E-state index in [1.54, 1.807) is 6.07 Å².